The van der Waals surface area contributed by atoms with Crippen molar-refractivity contribution in [1.29, 1.82) is 0 Å². The van der Waals surface area contributed by atoms with Crippen LogP contribution in [0.2, 0.25) is 0 Å². The number of nitrogens with zero attached hydrogens (tertiary/aromatic N) is 4. The number of likely N-dealkylation sites (tertiary alicyclic amines) is 2. The van der Waals surface area contributed by atoms with Crippen molar-refractivity contribution in [1.82, 2.24) is 25.2 Å². The summed E-state index contributed by atoms with van der Waals surface area (Å²) in [6.07, 6.45) is -3.39. The maximum absolute atomic E-state index is 13.3. The third-order valence-electron chi connectivity index (χ3n) is 7.30. The van der Waals surface area contributed by atoms with Crippen LogP contribution in [0.25, 0.3) is 11.0 Å². The van der Waals surface area contributed by atoms with Crippen LogP contribution in [0.4, 0.5) is 17.6 Å². The molecule has 2 atom stereocenters. The van der Waals surface area contributed by atoms with Gasteiger partial charge in [0.25, 0.3) is 5.91 Å². The predicted molar refractivity (Wildman–Crippen MR) is 122 cm³/mol. The maximum atomic E-state index is 13.3. The summed E-state index contributed by atoms with van der Waals surface area (Å²) in [5.41, 5.74) is 0.766. The second-order valence-electron chi connectivity index (χ2n) is 9.51. The molecule has 36 heavy (non-hydrogen) atoms. The second-order valence-corrected chi connectivity index (χ2v) is 9.51. The first-order chi connectivity index (χ1) is 17.2. The molecule has 0 aliphatic carbocycles. The normalized spacial score (nSPS) is 20.4. The molecule has 5 rings (SSSR count). The van der Waals surface area contributed by atoms with E-state index in [4.69, 9.17) is 0 Å². The van der Waals surface area contributed by atoms with E-state index in [1.54, 1.807) is 23.1 Å². The van der Waals surface area contributed by atoms with Gasteiger partial charge in [0.15, 0.2) is 0 Å². The molecule has 1 aromatic heterocycles. The van der Waals surface area contributed by atoms with Crippen LogP contribution in [0.15, 0.2) is 36.4 Å². The number of aromatic amines is 1. The van der Waals surface area contributed by atoms with E-state index in [0.29, 0.717) is 48.8 Å². The van der Waals surface area contributed by atoms with E-state index in [2.05, 4.69) is 15.4 Å². The Hall–Kier alpha value is -3.50. The van der Waals surface area contributed by atoms with Crippen LogP contribution in [0.3, 0.4) is 0 Å². The highest BCUT2D eigenvalue weighted by Gasteiger charge is 2.38. The molecular formula is C25H25F4N5O2. The van der Waals surface area contributed by atoms with Gasteiger partial charge in [-0.05, 0) is 67.0 Å². The molecule has 2 amide bonds. The summed E-state index contributed by atoms with van der Waals surface area (Å²) >= 11 is 0. The highest BCUT2D eigenvalue weighted by Crippen LogP contribution is 2.34. The van der Waals surface area contributed by atoms with Gasteiger partial charge >= 0.3 is 6.18 Å². The van der Waals surface area contributed by atoms with Crippen LogP contribution in [-0.2, 0) is 17.4 Å². The van der Waals surface area contributed by atoms with Crippen molar-refractivity contribution in [3.8, 4) is 0 Å². The highest BCUT2D eigenvalue weighted by molar-refractivity contribution is 5.97. The molecule has 0 radical (unpaired) electrons. The minimum atomic E-state index is -4.68. The van der Waals surface area contributed by atoms with E-state index in [0.717, 1.165) is 25.0 Å². The van der Waals surface area contributed by atoms with Crippen molar-refractivity contribution in [3.05, 3.63) is 58.9 Å². The van der Waals surface area contributed by atoms with Crippen molar-refractivity contribution in [2.45, 2.75) is 31.9 Å². The zero-order chi connectivity index (χ0) is 25.4. The lowest BCUT2D eigenvalue weighted by Gasteiger charge is -2.23. The van der Waals surface area contributed by atoms with Gasteiger partial charge in [-0.1, -0.05) is 6.07 Å². The van der Waals surface area contributed by atoms with Crippen molar-refractivity contribution < 1.29 is 27.2 Å². The highest BCUT2D eigenvalue weighted by atomic mass is 19.4. The summed E-state index contributed by atoms with van der Waals surface area (Å²) in [5, 5.41) is 10.6. The number of amides is 2. The first-order valence-corrected chi connectivity index (χ1v) is 11.9. The molecule has 190 valence electrons. The molecule has 2 aliphatic rings. The number of nitrogens with one attached hydrogen (secondary N) is 1. The number of carbonyl (C=O) groups excluding carboxylic acids is 2. The Balaban J connectivity index is 1.17. The number of alkyl halides is 3. The van der Waals surface area contributed by atoms with Gasteiger partial charge in [0.05, 0.1) is 5.56 Å². The molecule has 0 bridgehead atoms. The Bertz CT molecular complexity index is 1270. The van der Waals surface area contributed by atoms with Crippen LogP contribution in [0.1, 0.15) is 40.7 Å². The molecule has 1 N–H and O–H groups in total. The van der Waals surface area contributed by atoms with E-state index >= 15 is 0 Å². The number of rotatable bonds is 4. The Morgan fingerprint density at radius 3 is 2.33 bits per heavy atom. The lowest BCUT2D eigenvalue weighted by molar-refractivity contribution is -0.139. The molecule has 0 spiro atoms. The predicted octanol–water partition coefficient (Wildman–Crippen LogP) is 4.06. The van der Waals surface area contributed by atoms with Gasteiger partial charge in [0, 0.05) is 38.2 Å². The third kappa shape index (κ3) is 4.91. The average Bonchev–Trinajstić information content (AvgIpc) is 3.44. The molecule has 3 heterocycles. The number of H-pyrrole nitrogens is 1. The maximum Gasteiger partial charge on any atom is 0.416 e. The molecule has 2 saturated heterocycles. The van der Waals surface area contributed by atoms with Gasteiger partial charge < -0.3 is 9.80 Å². The minimum absolute atomic E-state index is 0.0549. The van der Waals surface area contributed by atoms with Gasteiger partial charge in [-0.2, -0.15) is 28.6 Å². The van der Waals surface area contributed by atoms with Crippen LogP contribution in [0.5, 0.6) is 0 Å². The standard InChI is InChI=1S/C25H25F4N5O2/c26-19-4-1-15(20(12-19)25(27,28)29)3-6-23(35)33-9-7-17-13-34(14-18(17)8-10-33)24(36)16-2-5-21-22(11-16)31-32-30-21/h1-2,4-5,11-12,17-18H,3,6-10,13-14H2,(H,30,31,32)/t17-,18?/m1/s1. The number of carbonyl (C=O) groups is 2. The fourth-order valence-electron chi connectivity index (χ4n) is 5.35. The van der Waals surface area contributed by atoms with Gasteiger partial charge in [0.2, 0.25) is 5.91 Å². The number of hydrogen-bond donors (Lipinski definition) is 1. The van der Waals surface area contributed by atoms with E-state index in [1.807, 2.05) is 4.90 Å². The van der Waals surface area contributed by atoms with Gasteiger partial charge in [-0.25, -0.2) is 4.39 Å². The number of aryl methyl sites for hydroxylation is 1. The topological polar surface area (TPSA) is 82.2 Å². The van der Waals surface area contributed by atoms with Crippen LogP contribution in [-0.4, -0.2) is 63.2 Å². The Morgan fingerprint density at radius 1 is 0.944 bits per heavy atom. The average molecular weight is 504 g/mol. The Morgan fingerprint density at radius 2 is 1.64 bits per heavy atom. The monoisotopic (exact) mass is 503 g/mol. The summed E-state index contributed by atoms with van der Waals surface area (Å²) in [4.78, 5) is 29.4. The van der Waals surface area contributed by atoms with Crippen molar-refractivity contribution >= 4 is 22.8 Å². The fraction of sp³-hybridized carbons (Fsp3) is 0.440. The first kappa shape index (κ1) is 24.2. The zero-order valence-electron chi connectivity index (χ0n) is 19.4. The molecular weight excluding hydrogens is 478 g/mol. The van der Waals surface area contributed by atoms with E-state index in [9.17, 15) is 27.2 Å². The number of hydrogen-bond acceptors (Lipinski definition) is 4. The van der Waals surface area contributed by atoms with Crippen molar-refractivity contribution in [2.75, 3.05) is 26.2 Å². The minimum Gasteiger partial charge on any atom is -0.343 e. The lowest BCUT2D eigenvalue weighted by Crippen LogP contribution is -2.34. The van der Waals surface area contributed by atoms with Crippen molar-refractivity contribution in [2.24, 2.45) is 11.8 Å². The summed E-state index contributed by atoms with van der Waals surface area (Å²) in [5.74, 6) is -0.697. The Kier molecular flexibility index (Phi) is 6.40. The van der Waals surface area contributed by atoms with Gasteiger partial charge in [0.1, 0.15) is 16.9 Å². The lowest BCUT2D eigenvalue weighted by atomic mass is 9.92. The molecule has 0 saturated carbocycles. The molecule has 3 aromatic rings. The summed E-state index contributed by atoms with van der Waals surface area (Å²) in [7, 11) is 0. The summed E-state index contributed by atoms with van der Waals surface area (Å²) in [6.45, 7) is 2.21. The quantitative estimate of drug-likeness (QED) is 0.545. The molecule has 11 heteroatoms. The van der Waals surface area contributed by atoms with Crippen molar-refractivity contribution in [3.63, 3.8) is 0 Å². The molecule has 2 aliphatic heterocycles. The molecule has 7 nitrogen and oxygen atoms in total. The molecule has 2 aromatic carbocycles. The SMILES string of the molecule is O=C(CCc1ccc(F)cc1C(F)(F)F)N1CCC2CN(C(=O)c3ccc4n[nH]nc4c3)C[C@H]2CC1. The van der Waals surface area contributed by atoms with Crippen LogP contribution < -0.4 is 0 Å². The number of halogens is 4. The number of benzene rings is 2. The third-order valence-corrected chi connectivity index (χ3v) is 7.30. The molecule has 2 fully saturated rings. The number of fused-ring (bicyclic) bond motifs is 2. The largest absolute Gasteiger partial charge is 0.416 e. The van der Waals surface area contributed by atoms with E-state index in [1.165, 1.54) is 0 Å². The Labute approximate surface area is 204 Å². The zero-order valence-corrected chi connectivity index (χ0v) is 19.4. The molecule has 1 unspecified atom stereocenters. The van der Waals surface area contributed by atoms with Crippen LogP contribution >= 0.6 is 0 Å². The van der Waals surface area contributed by atoms with Gasteiger partial charge in [-0.3, -0.25) is 9.59 Å². The van der Waals surface area contributed by atoms with E-state index < -0.39 is 17.6 Å². The summed E-state index contributed by atoms with van der Waals surface area (Å²) < 4.78 is 53.1. The fourth-order valence-corrected chi connectivity index (χ4v) is 5.35. The van der Waals surface area contributed by atoms with Gasteiger partial charge in [-0.15, -0.1) is 0 Å². The van der Waals surface area contributed by atoms with Crippen LogP contribution in [0, 0.1) is 17.7 Å². The second kappa shape index (κ2) is 9.51. The summed E-state index contributed by atoms with van der Waals surface area (Å²) in [6, 6.07) is 7.79. The smallest absolute Gasteiger partial charge is 0.343 e. The van der Waals surface area contributed by atoms with E-state index in [-0.39, 0.29) is 42.1 Å². The number of aromatic nitrogens is 3. The first-order valence-electron chi connectivity index (χ1n) is 11.9.